The topological polar surface area (TPSA) is 20.2 Å². The number of hydrogen-bond donors (Lipinski definition) is 1. The van der Waals surface area contributed by atoms with Gasteiger partial charge in [-0.3, -0.25) is 0 Å². The molecule has 0 fully saturated rings. The minimum absolute atomic E-state index is 0.156. The summed E-state index contributed by atoms with van der Waals surface area (Å²) in [4.78, 5) is 8.60. The van der Waals surface area contributed by atoms with Crippen LogP contribution in [0.3, 0.4) is 0 Å². The van der Waals surface area contributed by atoms with E-state index in [4.69, 9.17) is 4.80 Å². The molecule has 0 aromatic heterocycles. The molecule has 0 aliphatic carbocycles. The molecular formula is C10H22OSi. The second kappa shape index (κ2) is 6.67. The average molecular weight is 186 g/mol. The molecule has 12 heavy (non-hydrogen) atoms. The first kappa shape index (κ1) is 12.2. The smallest absolute Gasteiger partial charge is 0.224 e. The van der Waals surface area contributed by atoms with E-state index in [1.54, 1.807) is 0 Å². The third-order valence-electron chi connectivity index (χ3n) is 2.60. The molecule has 0 unspecified atom stereocenters. The van der Waals surface area contributed by atoms with Crippen LogP contribution in [0.2, 0.25) is 6.04 Å². The minimum Gasteiger partial charge on any atom is -0.432 e. The van der Waals surface area contributed by atoms with Crippen molar-refractivity contribution >= 4 is 9.76 Å². The van der Waals surface area contributed by atoms with Crippen molar-refractivity contribution in [2.24, 2.45) is 5.41 Å². The van der Waals surface area contributed by atoms with Crippen LogP contribution in [0.25, 0.3) is 0 Å². The molecule has 1 N–H and O–H groups in total. The molecule has 0 spiro atoms. The van der Waals surface area contributed by atoms with Crippen molar-refractivity contribution < 1.29 is 4.80 Å². The van der Waals surface area contributed by atoms with Crippen molar-refractivity contribution in [3.05, 3.63) is 0 Å². The molecule has 0 atom stereocenters. The predicted molar refractivity (Wildman–Crippen MR) is 55.3 cm³/mol. The summed E-state index contributed by atoms with van der Waals surface area (Å²) < 4.78 is 0. The standard InChI is InChI=1S/C10H22OSi/c1-4-10(2,3)8-6-5-7-9-12-11/h11H,4-9H2,1-3H3. The number of unbranched alkanes of at least 4 members (excludes halogenated alkanes) is 2. The molecule has 0 bridgehead atoms. The zero-order valence-electron chi connectivity index (χ0n) is 8.69. The minimum atomic E-state index is 0.156. The van der Waals surface area contributed by atoms with E-state index < -0.39 is 0 Å². The van der Waals surface area contributed by atoms with Gasteiger partial charge < -0.3 is 4.80 Å². The summed E-state index contributed by atoms with van der Waals surface area (Å²) in [6.45, 7) is 6.93. The van der Waals surface area contributed by atoms with Crippen molar-refractivity contribution in [1.29, 1.82) is 0 Å². The van der Waals surface area contributed by atoms with Crippen LogP contribution in [0.1, 0.15) is 52.9 Å². The fourth-order valence-electron chi connectivity index (χ4n) is 1.16. The van der Waals surface area contributed by atoms with E-state index in [-0.39, 0.29) is 9.76 Å². The first-order valence-corrected chi connectivity index (χ1v) is 6.15. The van der Waals surface area contributed by atoms with Gasteiger partial charge in [-0.1, -0.05) is 46.5 Å². The SMILES string of the molecule is CCC(C)(C)CCCCC[Si]O. The van der Waals surface area contributed by atoms with Gasteiger partial charge in [-0.05, 0) is 17.9 Å². The Morgan fingerprint density at radius 2 is 1.83 bits per heavy atom. The molecule has 0 aliphatic rings. The Bertz CT molecular complexity index is 102. The summed E-state index contributed by atoms with van der Waals surface area (Å²) in [7, 11) is 0.156. The van der Waals surface area contributed by atoms with Gasteiger partial charge in [-0.25, -0.2) is 0 Å². The maximum atomic E-state index is 8.60. The summed E-state index contributed by atoms with van der Waals surface area (Å²) in [6.07, 6.45) is 6.42. The van der Waals surface area contributed by atoms with Gasteiger partial charge in [0.05, 0.1) is 0 Å². The van der Waals surface area contributed by atoms with Gasteiger partial charge in [0.15, 0.2) is 0 Å². The van der Waals surface area contributed by atoms with Gasteiger partial charge in [0.1, 0.15) is 0 Å². The van der Waals surface area contributed by atoms with E-state index >= 15 is 0 Å². The van der Waals surface area contributed by atoms with Gasteiger partial charge in [-0.2, -0.15) is 0 Å². The molecule has 0 saturated carbocycles. The third-order valence-corrected chi connectivity index (χ3v) is 3.18. The molecule has 2 heteroatoms. The van der Waals surface area contributed by atoms with Crippen LogP contribution in [0.15, 0.2) is 0 Å². The highest BCUT2D eigenvalue weighted by Gasteiger charge is 2.13. The van der Waals surface area contributed by atoms with Crippen LogP contribution in [0.4, 0.5) is 0 Å². The van der Waals surface area contributed by atoms with Crippen molar-refractivity contribution in [3.8, 4) is 0 Å². The molecular weight excluding hydrogens is 164 g/mol. The first-order valence-electron chi connectivity index (χ1n) is 4.99. The predicted octanol–water partition coefficient (Wildman–Crippen LogP) is 3.01. The maximum Gasteiger partial charge on any atom is 0.224 e. The molecule has 0 aromatic carbocycles. The van der Waals surface area contributed by atoms with E-state index in [2.05, 4.69) is 20.8 Å². The zero-order valence-corrected chi connectivity index (χ0v) is 9.69. The Hall–Kier alpha value is 0.177. The molecule has 0 rings (SSSR count). The molecule has 0 saturated heterocycles. The highest BCUT2D eigenvalue weighted by Crippen LogP contribution is 2.27. The van der Waals surface area contributed by atoms with Crippen LogP contribution in [0.5, 0.6) is 0 Å². The molecule has 72 valence electrons. The van der Waals surface area contributed by atoms with Crippen molar-refractivity contribution in [3.63, 3.8) is 0 Å². The molecule has 0 heterocycles. The van der Waals surface area contributed by atoms with E-state index in [0.29, 0.717) is 5.41 Å². The Kier molecular flexibility index (Phi) is 6.77. The second-order valence-corrected chi connectivity index (χ2v) is 5.05. The van der Waals surface area contributed by atoms with E-state index in [0.717, 1.165) is 6.04 Å². The van der Waals surface area contributed by atoms with Gasteiger partial charge in [0.2, 0.25) is 9.76 Å². The summed E-state index contributed by atoms with van der Waals surface area (Å²) >= 11 is 0. The molecule has 2 radical (unpaired) electrons. The lowest BCUT2D eigenvalue weighted by Crippen LogP contribution is -2.08. The summed E-state index contributed by atoms with van der Waals surface area (Å²) in [5.74, 6) is 0. The normalized spacial score (nSPS) is 12.0. The first-order chi connectivity index (χ1) is 5.62. The fourth-order valence-corrected chi connectivity index (χ4v) is 1.57. The molecule has 0 aromatic rings. The van der Waals surface area contributed by atoms with Gasteiger partial charge in [0.25, 0.3) is 0 Å². The van der Waals surface area contributed by atoms with Crippen molar-refractivity contribution in [2.45, 2.75) is 58.9 Å². The molecule has 1 nitrogen and oxygen atoms in total. The van der Waals surface area contributed by atoms with Crippen LogP contribution in [0, 0.1) is 5.41 Å². The summed E-state index contributed by atoms with van der Waals surface area (Å²) in [5, 5.41) is 0. The third kappa shape index (κ3) is 6.86. The monoisotopic (exact) mass is 186 g/mol. The Balaban J connectivity index is 3.19. The largest absolute Gasteiger partial charge is 0.432 e. The average Bonchev–Trinajstić information content (AvgIpc) is 2.04. The van der Waals surface area contributed by atoms with Crippen LogP contribution in [-0.2, 0) is 0 Å². The fraction of sp³-hybridized carbons (Fsp3) is 1.00. The van der Waals surface area contributed by atoms with Crippen molar-refractivity contribution in [1.82, 2.24) is 0 Å². The zero-order chi connectivity index (χ0) is 9.45. The number of hydrogen-bond acceptors (Lipinski definition) is 1. The highest BCUT2D eigenvalue weighted by molar-refractivity contribution is 6.25. The van der Waals surface area contributed by atoms with Crippen LogP contribution in [-0.4, -0.2) is 14.6 Å². The number of rotatable bonds is 7. The Morgan fingerprint density at radius 3 is 2.33 bits per heavy atom. The van der Waals surface area contributed by atoms with Gasteiger partial charge >= 0.3 is 0 Å². The van der Waals surface area contributed by atoms with Crippen LogP contribution < -0.4 is 0 Å². The van der Waals surface area contributed by atoms with E-state index in [9.17, 15) is 0 Å². The summed E-state index contributed by atoms with van der Waals surface area (Å²) in [5.41, 5.74) is 0.529. The Morgan fingerprint density at radius 1 is 1.17 bits per heavy atom. The van der Waals surface area contributed by atoms with E-state index in [1.165, 1.54) is 32.1 Å². The van der Waals surface area contributed by atoms with Gasteiger partial charge in [-0.15, -0.1) is 0 Å². The lowest BCUT2D eigenvalue weighted by atomic mass is 9.84. The van der Waals surface area contributed by atoms with Crippen LogP contribution >= 0.6 is 0 Å². The quantitative estimate of drug-likeness (QED) is 0.479. The van der Waals surface area contributed by atoms with E-state index in [1.807, 2.05) is 0 Å². The van der Waals surface area contributed by atoms with Crippen molar-refractivity contribution in [2.75, 3.05) is 0 Å². The lowest BCUT2D eigenvalue weighted by molar-refractivity contribution is 0.309. The van der Waals surface area contributed by atoms with Gasteiger partial charge in [0, 0.05) is 0 Å². The Labute approximate surface area is 79.5 Å². The molecule has 0 amide bonds. The highest BCUT2D eigenvalue weighted by atomic mass is 28.2. The summed E-state index contributed by atoms with van der Waals surface area (Å²) in [6, 6.07) is 1.01. The maximum absolute atomic E-state index is 8.60. The lowest BCUT2D eigenvalue weighted by Gasteiger charge is -2.21. The molecule has 0 aliphatic heterocycles. The second-order valence-electron chi connectivity index (χ2n) is 4.24.